The van der Waals surface area contributed by atoms with Crippen molar-refractivity contribution in [2.75, 3.05) is 31.5 Å². The van der Waals surface area contributed by atoms with Crippen LogP contribution in [0.25, 0.3) is 0 Å². The number of nitrogens with zero attached hydrogens (tertiary/aromatic N) is 1. The lowest BCUT2D eigenvalue weighted by molar-refractivity contribution is -0.147. The molecule has 0 unspecified atom stereocenters. The Morgan fingerprint density at radius 1 is 1.11 bits per heavy atom. The van der Waals surface area contributed by atoms with Crippen molar-refractivity contribution in [2.24, 2.45) is 5.92 Å². The number of anilines is 1. The van der Waals surface area contributed by atoms with E-state index in [9.17, 15) is 19.5 Å². The summed E-state index contributed by atoms with van der Waals surface area (Å²) in [6.45, 7) is 8.93. The van der Waals surface area contributed by atoms with Crippen molar-refractivity contribution in [1.29, 1.82) is 0 Å². The van der Waals surface area contributed by atoms with E-state index in [1.807, 2.05) is 77.2 Å². The molecule has 3 saturated heterocycles. The van der Waals surface area contributed by atoms with Crippen LogP contribution >= 0.6 is 11.8 Å². The quantitative estimate of drug-likeness (QED) is 0.309. The molecular formula is C33H44N4O7S. The summed E-state index contributed by atoms with van der Waals surface area (Å²) < 4.78 is 16.2. The molecule has 5 rings (SSSR count). The van der Waals surface area contributed by atoms with Crippen molar-refractivity contribution in [1.82, 2.24) is 15.5 Å². The van der Waals surface area contributed by atoms with Crippen molar-refractivity contribution in [2.45, 2.75) is 82.4 Å². The first kappa shape index (κ1) is 33.1. The molecule has 4 N–H and O–H groups in total. The van der Waals surface area contributed by atoms with Gasteiger partial charge in [0.2, 0.25) is 5.91 Å². The average molecular weight is 641 g/mol. The van der Waals surface area contributed by atoms with E-state index in [4.69, 9.17) is 14.2 Å². The summed E-state index contributed by atoms with van der Waals surface area (Å²) in [6.07, 6.45) is -2.37. The molecule has 6 atom stereocenters. The molecule has 3 aliphatic heterocycles. The molecule has 45 heavy (non-hydrogen) atoms. The number of aliphatic hydroxyl groups is 1. The molecule has 2 aromatic rings. The predicted octanol–water partition coefficient (Wildman–Crippen LogP) is 3.10. The Labute approximate surface area is 268 Å². The second-order valence-electron chi connectivity index (χ2n) is 12.5. The van der Waals surface area contributed by atoms with Gasteiger partial charge in [-0.1, -0.05) is 30.3 Å². The van der Waals surface area contributed by atoms with Crippen LogP contribution in [0.2, 0.25) is 0 Å². The van der Waals surface area contributed by atoms with Crippen molar-refractivity contribution in [3.8, 4) is 0 Å². The van der Waals surface area contributed by atoms with Gasteiger partial charge in [0, 0.05) is 24.0 Å². The molecule has 244 valence electrons. The lowest BCUT2D eigenvalue weighted by Gasteiger charge is -2.33. The second-order valence-corrected chi connectivity index (χ2v) is 14.1. The third-order valence-corrected chi connectivity index (χ3v) is 10.4. The molecule has 0 aliphatic carbocycles. The molecule has 0 aromatic heterocycles. The number of rotatable bonds is 10. The van der Waals surface area contributed by atoms with E-state index in [1.54, 1.807) is 0 Å². The molecule has 11 nitrogen and oxygen atoms in total. The Hall–Kier alpha value is -3.32. The third kappa shape index (κ3) is 7.40. The Morgan fingerprint density at radius 3 is 2.51 bits per heavy atom. The van der Waals surface area contributed by atoms with E-state index in [0.717, 1.165) is 34.4 Å². The molecule has 3 heterocycles. The maximum atomic E-state index is 14.0. The van der Waals surface area contributed by atoms with E-state index in [0.29, 0.717) is 13.2 Å². The molecule has 0 saturated carbocycles. The van der Waals surface area contributed by atoms with Gasteiger partial charge in [0.05, 0.1) is 31.1 Å². The molecule has 0 bridgehead atoms. The zero-order valence-corrected chi connectivity index (χ0v) is 27.3. The molecule has 0 spiro atoms. The summed E-state index contributed by atoms with van der Waals surface area (Å²) in [6, 6.07) is 11.6. The summed E-state index contributed by atoms with van der Waals surface area (Å²) in [4.78, 5) is 42.2. The first-order valence-corrected chi connectivity index (χ1v) is 16.4. The number of ether oxygens (including phenoxy) is 3. The van der Waals surface area contributed by atoms with Gasteiger partial charge in [-0.2, -0.15) is 0 Å². The number of aliphatic hydroxyl groups excluding tert-OH is 1. The van der Waals surface area contributed by atoms with Crippen molar-refractivity contribution in [3.05, 3.63) is 64.7 Å². The highest BCUT2D eigenvalue weighted by Crippen LogP contribution is 2.40. The molecule has 0 radical (unpaired) electrons. The molecule has 3 fully saturated rings. The predicted molar refractivity (Wildman–Crippen MR) is 172 cm³/mol. The monoisotopic (exact) mass is 640 g/mol. The number of carbonyl (C=O) groups excluding carboxylic acids is 3. The van der Waals surface area contributed by atoms with Gasteiger partial charge >= 0.3 is 6.09 Å². The summed E-state index contributed by atoms with van der Waals surface area (Å²) in [7, 11) is 1.81. The largest absolute Gasteiger partial charge is 0.443 e. The van der Waals surface area contributed by atoms with Gasteiger partial charge in [-0.25, -0.2) is 4.79 Å². The van der Waals surface area contributed by atoms with Crippen LogP contribution in [0.5, 0.6) is 0 Å². The van der Waals surface area contributed by atoms with Gasteiger partial charge in [-0.05, 0) is 74.9 Å². The van der Waals surface area contributed by atoms with Gasteiger partial charge in [0.1, 0.15) is 12.1 Å². The third-order valence-electron chi connectivity index (χ3n) is 9.04. The maximum absolute atomic E-state index is 14.0. The van der Waals surface area contributed by atoms with Gasteiger partial charge < -0.3 is 40.2 Å². The zero-order chi connectivity index (χ0) is 32.3. The standard InChI is InChI=1S/C33H44N4O7S/c1-19-7-6-8-20(2)24(19)16-35-29(39)28-33(3,4)45-18-37(28)30(40)27(38)25(15-21-9-11-22(34-5)12-10-21)36-32(41)44-26-17-43-31-23(26)13-14-42-31/h6-12,23,25-28,31,34,38H,13-18H2,1-5H3,(H,35,39)(H,36,41)/t23-,25+,26-,27+,28-,31+/m1/s1. The zero-order valence-electron chi connectivity index (χ0n) is 26.5. The SMILES string of the molecule is CNc1ccc(C[C@H](NC(=O)O[C@@H]2CO[C@@H]3OCC[C@@H]32)[C@H](O)C(=O)N2CSC(C)(C)[C@H]2C(=O)NCc2c(C)cccc2C)cc1. The molecule has 2 aromatic carbocycles. The highest BCUT2D eigenvalue weighted by atomic mass is 32.2. The minimum Gasteiger partial charge on any atom is -0.443 e. The first-order chi connectivity index (χ1) is 21.5. The van der Waals surface area contributed by atoms with Gasteiger partial charge in [-0.3, -0.25) is 9.59 Å². The molecule has 3 aliphatic rings. The normalized spacial score (nSPS) is 24.9. The van der Waals surface area contributed by atoms with Crippen molar-refractivity contribution in [3.63, 3.8) is 0 Å². The first-order valence-electron chi connectivity index (χ1n) is 15.4. The highest BCUT2D eigenvalue weighted by molar-refractivity contribution is 8.00. The number of aryl methyl sites for hydroxylation is 2. The second kappa shape index (κ2) is 14.0. The lowest BCUT2D eigenvalue weighted by Crippen LogP contribution is -2.58. The van der Waals surface area contributed by atoms with Gasteiger partial charge in [0.25, 0.3) is 5.91 Å². The number of thioether (sulfide) groups is 1. The van der Waals surface area contributed by atoms with Crippen LogP contribution in [0.4, 0.5) is 10.5 Å². The van der Waals surface area contributed by atoms with Crippen LogP contribution in [0.1, 0.15) is 42.5 Å². The number of amides is 3. The van der Waals surface area contributed by atoms with Crippen LogP contribution in [-0.2, 0) is 36.8 Å². The number of benzene rings is 2. The minimum atomic E-state index is -1.63. The van der Waals surface area contributed by atoms with Crippen molar-refractivity contribution < 1.29 is 33.7 Å². The number of hydrogen-bond acceptors (Lipinski definition) is 9. The summed E-state index contributed by atoms with van der Waals surface area (Å²) in [5.74, 6) is -0.761. The smallest absolute Gasteiger partial charge is 0.407 e. The Balaban J connectivity index is 1.31. The minimum absolute atomic E-state index is 0.0542. The van der Waals surface area contributed by atoms with Gasteiger partial charge in [-0.15, -0.1) is 11.8 Å². The fourth-order valence-electron chi connectivity index (χ4n) is 6.33. The number of fused-ring (bicyclic) bond motifs is 1. The van der Waals surface area contributed by atoms with E-state index in [2.05, 4.69) is 16.0 Å². The average Bonchev–Trinajstić information content (AvgIpc) is 3.71. The summed E-state index contributed by atoms with van der Waals surface area (Å²) in [5, 5.41) is 20.4. The molecular weight excluding hydrogens is 596 g/mol. The lowest BCUT2D eigenvalue weighted by atomic mass is 9.97. The van der Waals surface area contributed by atoms with E-state index in [-0.39, 0.29) is 37.0 Å². The van der Waals surface area contributed by atoms with Gasteiger partial charge in [0.15, 0.2) is 12.4 Å². The van der Waals surface area contributed by atoms with Crippen LogP contribution in [0.3, 0.4) is 0 Å². The van der Waals surface area contributed by atoms with Crippen molar-refractivity contribution >= 4 is 35.4 Å². The van der Waals surface area contributed by atoms with Crippen LogP contribution < -0.4 is 16.0 Å². The van der Waals surface area contributed by atoms with Crippen LogP contribution in [-0.4, -0.2) is 89.4 Å². The number of carbonyl (C=O) groups is 3. The molecule has 3 amide bonds. The number of hydrogen-bond donors (Lipinski definition) is 4. The van der Waals surface area contributed by atoms with Crippen LogP contribution in [0.15, 0.2) is 42.5 Å². The fourth-order valence-corrected chi connectivity index (χ4v) is 7.47. The number of nitrogens with one attached hydrogen (secondary N) is 3. The topological polar surface area (TPSA) is 138 Å². The van der Waals surface area contributed by atoms with Crippen LogP contribution in [0, 0.1) is 19.8 Å². The van der Waals surface area contributed by atoms with E-state index < -0.39 is 41.0 Å². The highest BCUT2D eigenvalue weighted by Gasteiger charge is 2.50. The maximum Gasteiger partial charge on any atom is 0.407 e. The van der Waals surface area contributed by atoms with E-state index >= 15 is 0 Å². The Kier molecular flexibility index (Phi) is 10.3. The Morgan fingerprint density at radius 2 is 1.82 bits per heavy atom. The number of alkyl carbamates (subject to hydrolysis) is 1. The summed E-state index contributed by atoms with van der Waals surface area (Å²) >= 11 is 1.47. The van der Waals surface area contributed by atoms with E-state index in [1.165, 1.54) is 16.7 Å². The fraction of sp³-hybridized carbons (Fsp3) is 0.545. The Bertz CT molecular complexity index is 1370. The summed E-state index contributed by atoms with van der Waals surface area (Å²) in [5.41, 5.74) is 4.88. The molecule has 12 heteroatoms.